The Labute approximate surface area is 236 Å². The van der Waals surface area contributed by atoms with Crippen LogP contribution >= 0.6 is 22.9 Å². The number of thiazole rings is 1. The predicted molar refractivity (Wildman–Crippen MR) is 149 cm³/mol. The van der Waals surface area contributed by atoms with Gasteiger partial charge in [0.1, 0.15) is 24.0 Å². The molecule has 4 heterocycles. The van der Waals surface area contributed by atoms with Crippen LogP contribution in [0, 0.1) is 5.82 Å². The largest absolute Gasteiger partial charge is 0.462 e. The molecule has 0 bridgehead atoms. The molecule has 2 aromatic carbocycles. The van der Waals surface area contributed by atoms with E-state index in [4.69, 9.17) is 22.1 Å². The maximum Gasteiger partial charge on any atom is 0.405 e. The Morgan fingerprint density at radius 1 is 1.20 bits per heavy atom. The summed E-state index contributed by atoms with van der Waals surface area (Å²) in [6, 6.07) is 5.03. The number of hydrogen-bond donors (Lipinski definition) is 2. The van der Waals surface area contributed by atoms with Crippen molar-refractivity contribution in [1.82, 2.24) is 25.2 Å². The SMILES string of the molecule is CN1CCC[C@H]1COc1nc(N2CCNC(C(F)(F)F)C2)c2cc(Cl)c(-c3cccc4sc(N)nc34)c(F)c2n1. The van der Waals surface area contributed by atoms with E-state index in [0.29, 0.717) is 16.2 Å². The summed E-state index contributed by atoms with van der Waals surface area (Å²) in [6.07, 6.45) is -2.51. The Morgan fingerprint density at radius 3 is 2.77 bits per heavy atom. The lowest BCUT2D eigenvalue weighted by Gasteiger charge is -2.35. The molecule has 212 valence electrons. The van der Waals surface area contributed by atoms with Crippen molar-refractivity contribution in [1.29, 1.82) is 0 Å². The van der Waals surface area contributed by atoms with Crippen molar-refractivity contribution in [3.8, 4) is 17.1 Å². The van der Waals surface area contributed by atoms with Gasteiger partial charge in [0.25, 0.3) is 0 Å². The summed E-state index contributed by atoms with van der Waals surface area (Å²) in [5.74, 6) is -0.602. The van der Waals surface area contributed by atoms with Gasteiger partial charge < -0.3 is 25.6 Å². The predicted octanol–water partition coefficient (Wildman–Crippen LogP) is 5.09. The zero-order valence-corrected chi connectivity index (χ0v) is 23.0. The Hall–Kier alpha value is -3.00. The van der Waals surface area contributed by atoms with Crippen molar-refractivity contribution < 1.29 is 22.3 Å². The highest BCUT2D eigenvalue weighted by atomic mass is 35.5. The molecule has 6 rings (SSSR count). The quantitative estimate of drug-likeness (QED) is 0.308. The molecular formula is C26H26ClF4N7OS. The minimum Gasteiger partial charge on any atom is -0.462 e. The molecule has 3 N–H and O–H groups in total. The van der Waals surface area contributed by atoms with E-state index >= 15 is 4.39 Å². The van der Waals surface area contributed by atoms with Gasteiger partial charge in [-0.05, 0) is 38.6 Å². The van der Waals surface area contributed by atoms with Crippen LogP contribution in [0.1, 0.15) is 12.8 Å². The maximum atomic E-state index is 16.4. The highest BCUT2D eigenvalue weighted by Gasteiger charge is 2.42. The summed E-state index contributed by atoms with van der Waals surface area (Å²) in [4.78, 5) is 16.9. The van der Waals surface area contributed by atoms with Crippen LogP contribution in [0.15, 0.2) is 24.3 Å². The summed E-state index contributed by atoms with van der Waals surface area (Å²) in [6.45, 7) is 1.09. The van der Waals surface area contributed by atoms with Crippen molar-refractivity contribution >= 4 is 55.0 Å². The number of hydrogen-bond acceptors (Lipinski definition) is 9. The Kier molecular flexibility index (Phi) is 7.09. The molecule has 14 heteroatoms. The third-order valence-electron chi connectivity index (χ3n) is 7.49. The van der Waals surface area contributed by atoms with Crippen LogP contribution in [0.3, 0.4) is 0 Å². The molecule has 2 saturated heterocycles. The van der Waals surface area contributed by atoms with Gasteiger partial charge in [-0.1, -0.05) is 35.1 Å². The molecule has 2 aliphatic heterocycles. The van der Waals surface area contributed by atoms with Crippen LogP contribution in [0.4, 0.5) is 28.5 Å². The number of piperazine rings is 1. The third kappa shape index (κ3) is 5.00. The van der Waals surface area contributed by atoms with E-state index in [2.05, 4.69) is 25.2 Å². The van der Waals surface area contributed by atoms with Gasteiger partial charge in [-0.2, -0.15) is 23.1 Å². The molecule has 0 amide bonds. The first-order valence-electron chi connectivity index (χ1n) is 12.8. The molecule has 0 saturated carbocycles. The summed E-state index contributed by atoms with van der Waals surface area (Å²) in [5.41, 5.74) is 6.82. The topological polar surface area (TPSA) is 92.4 Å². The zero-order valence-electron chi connectivity index (χ0n) is 21.4. The second-order valence-electron chi connectivity index (χ2n) is 10.1. The highest BCUT2D eigenvalue weighted by molar-refractivity contribution is 7.22. The van der Waals surface area contributed by atoms with Crippen LogP contribution in [-0.4, -0.2) is 77.9 Å². The second kappa shape index (κ2) is 10.4. The number of ether oxygens (including phenoxy) is 1. The van der Waals surface area contributed by atoms with Gasteiger partial charge in [0.05, 0.1) is 15.2 Å². The number of aromatic nitrogens is 3. The van der Waals surface area contributed by atoms with Crippen molar-refractivity contribution in [2.45, 2.75) is 31.1 Å². The average molecular weight is 596 g/mol. The summed E-state index contributed by atoms with van der Waals surface area (Å²) >= 11 is 7.93. The van der Waals surface area contributed by atoms with Crippen LogP contribution in [0.25, 0.3) is 32.2 Å². The number of alkyl halides is 3. The van der Waals surface area contributed by atoms with Crippen LogP contribution in [0.2, 0.25) is 5.02 Å². The number of nitrogens with zero attached hydrogens (tertiary/aromatic N) is 5. The number of anilines is 2. The lowest BCUT2D eigenvalue weighted by atomic mass is 10.0. The number of likely N-dealkylation sites (tertiary alicyclic amines) is 1. The number of para-hydroxylation sites is 1. The lowest BCUT2D eigenvalue weighted by Crippen LogP contribution is -2.57. The second-order valence-corrected chi connectivity index (χ2v) is 11.5. The molecule has 0 spiro atoms. The standard InChI is InChI=1S/C26H26ClF4N7OS/c1-37-8-3-4-13(37)12-39-25-35-22-15(23(36-25)38-9-7-33-18(11-38)26(29,30)31)10-16(27)19(20(22)28)14-5-2-6-17-21(14)34-24(32)40-17/h2,5-6,10,13,18,33H,3-4,7-9,11-12H2,1H3,(H2,32,34)/t13-,18?/m0/s1. The Bertz CT molecular complexity index is 1580. The number of benzene rings is 2. The summed E-state index contributed by atoms with van der Waals surface area (Å²) in [7, 11) is 1.99. The van der Waals surface area contributed by atoms with Crippen LogP contribution in [0.5, 0.6) is 6.01 Å². The number of nitrogen functional groups attached to an aromatic ring is 1. The first kappa shape index (κ1) is 27.2. The van der Waals surface area contributed by atoms with Gasteiger partial charge in [0, 0.05) is 42.2 Å². The summed E-state index contributed by atoms with van der Waals surface area (Å²) < 4.78 is 64.0. The van der Waals surface area contributed by atoms with Crippen molar-refractivity contribution in [2.75, 3.05) is 50.5 Å². The molecule has 4 aromatic rings. The fourth-order valence-electron chi connectivity index (χ4n) is 5.40. The number of likely N-dealkylation sites (N-methyl/N-ethyl adjacent to an activating group) is 1. The van der Waals surface area contributed by atoms with Crippen molar-refractivity contribution in [2.24, 2.45) is 0 Å². The molecular weight excluding hydrogens is 570 g/mol. The highest BCUT2D eigenvalue weighted by Crippen LogP contribution is 2.42. The first-order chi connectivity index (χ1) is 19.1. The Balaban J connectivity index is 1.49. The molecule has 1 unspecified atom stereocenters. The maximum absolute atomic E-state index is 16.4. The third-order valence-corrected chi connectivity index (χ3v) is 8.64. The fourth-order valence-corrected chi connectivity index (χ4v) is 6.46. The first-order valence-corrected chi connectivity index (χ1v) is 14.0. The summed E-state index contributed by atoms with van der Waals surface area (Å²) in [5, 5.41) is 3.08. The van der Waals surface area contributed by atoms with E-state index in [0.717, 1.165) is 24.1 Å². The molecule has 0 aliphatic carbocycles. The van der Waals surface area contributed by atoms with E-state index < -0.39 is 24.6 Å². The van der Waals surface area contributed by atoms with Gasteiger partial charge in [-0.25, -0.2) is 9.37 Å². The van der Waals surface area contributed by atoms with E-state index in [1.165, 1.54) is 22.3 Å². The normalized spacial score (nSPS) is 20.6. The van der Waals surface area contributed by atoms with Gasteiger partial charge in [-0.15, -0.1) is 0 Å². The van der Waals surface area contributed by atoms with E-state index in [9.17, 15) is 13.2 Å². The van der Waals surface area contributed by atoms with Gasteiger partial charge in [0.15, 0.2) is 10.9 Å². The van der Waals surface area contributed by atoms with Crippen molar-refractivity contribution in [3.05, 3.63) is 35.1 Å². The van der Waals surface area contributed by atoms with Crippen molar-refractivity contribution in [3.63, 3.8) is 0 Å². The van der Waals surface area contributed by atoms with Gasteiger partial charge >= 0.3 is 12.2 Å². The lowest BCUT2D eigenvalue weighted by molar-refractivity contribution is -0.155. The number of fused-ring (bicyclic) bond motifs is 2. The van der Waals surface area contributed by atoms with Crippen LogP contribution in [-0.2, 0) is 0 Å². The smallest absolute Gasteiger partial charge is 0.405 e. The monoisotopic (exact) mass is 595 g/mol. The molecule has 2 fully saturated rings. The van der Waals surface area contributed by atoms with E-state index in [1.807, 2.05) is 13.1 Å². The van der Waals surface area contributed by atoms with Gasteiger partial charge in [0.2, 0.25) is 0 Å². The number of halogens is 5. The Morgan fingerprint density at radius 2 is 2.02 bits per heavy atom. The molecule has 2 aliphatic rings. The van der Waals surface area contributed by atoms with E-state index in [-0.39, 0.29) is 59.1 Å². The molecule has 2 aromatic heterocycles. The average Bonchev–Trinajstić information content (AvgIpc) is 3.51. The zero-order chi connectivity index (χ0) is 28.2. The minimum absolute atomic E-state index is 0.0534. The number of rotatable bonds is 5. The minimum atomic E-state index is -4.46. The van der Waals surface area contributed by atoms with Gasteiger partial charge in [-0.3, -0.25) is 0 Å². The fraction of sp³-hybridized carbons (Fsp3) is 0.423. The molecule has 2 atom stereocenters. The number of nitrogens with one attached hydrogen (secondary N) is 1. The van der Waals surface area contributed by atoms with Crippen LogP contribution < -0.4 is 20.7 Å². The number of nitrogens with two attached hydrogens (primary N) is 1. The molecule has 40 heavy (non-hydrogen) atoms. The molecule has 0 radical (unpaired) electrons. The molecule has 8 nitrogen and oxygen atoms in total. The van der Waals surface area contributed by atoms with E-state index in [1.54, 1.807) is 12.1 Å².